The summed E-state index contributed by atoms with van der Waals surface area (Å²) in [5.74, 6) is 1.76. The fourth-order valence-electron chi connectivity index (χ4n) is 1.86. The van der Waals surface area contributed by atoms with Crippen molar-refractivity contribution in [2.24, 2.45) is 7.05 Å². The highest BCUT2D eigenvalue weighted by Gasteiger charge is 2.03. The van der Waals surface area contributed by atoms with E-state index in [-0.39, 0.29) is 0 Å². The van der Waals surface area contributed by atoms with E-state index in [0.717, 1.165) is 36.6 Å². The SMILES string of the molecule is C=CCOc1ccccc1CNCCc1ncn(C)n1. The van der Waals surface area contributed by atoms with E-state index in [2.05, 4.69) is 28.0 Å². The molecule has 0 bridgehead atoms. The smallest absolute Gasteiger partial charge is 0.151 e. The van der Waals surface area contributed by atoms with Crippen molar-refractivity contribution in [2.45, 2.75) is 13.0 Å². The standard InChI is InChI=1S/C15H20N4O/c1-3-10-20-14-7-5-4-6-13(14)11-16-9-8-15-17-12-19(2)18-15/h3-7,12,16H,1,8-11H2,2H3. The molecule has 0 fully saturated rings. The summed E-state index contributed by atoms with van der Waals surface area (Å²) in [6.45, 7) is 5.78. The maximum Gasteiger partial charge on any atom is 0.151 e. The van der Waals surface area contributed by atoms with E-state index in [9.17, 15) is 0 Å². The minimum absolute atomic E-state index is 0.523. The Hall–Kier alpha value is -2.14. The van der Waals surface area contributed by atoms with Gasteiger partial charge in [-0.05, 0) is 6.07 Å². The van der Waals surface area contributed by atoms with E-state index in [1.165, 1.54) is 0 Å². The molecule has 0 atom stereocenters. The summed E-state index contributed by atoms with van der Waals surface area (Å²) in [5.41, 5.74) is 1.14. The Balaban J connectivity index is 1.80. The quantitative estimate of drug-likeness (QED) is 0.587. The van der Waals surface area contributed by atoms with E-state index >= 15 is 0 Å². The molecule has 0 aliphatic rings. The van der Waals surface area contributed by atoms with Crippen LogP contribution in [0.1, 0.15) is 11.4 Å². The number of rotatable bonds is 8. The van der Waals surface area contributed by atoms with Crippen molar-refractivity contribution in [2.75, 3.05) is 13.2 Å². The molecule has 106 valence electrons. The summed E-state index contributed by atoms with van der Waals surface area (Å²) >= 11 is 0. The minimum atomic E-state index is 0.523. The van der Waals surface area contributed by atoms with Crippen LogP contribution < -0.4 is 10.1 Å². The fourth-order valence-corrected chi connectivity index (χ4v) is 1.86. The van der Waals surface area contributed by atoms with E-state index in [0.29, 0.717) is 6.61 Å². The summed E-state index contributed by atoms with van der Waals surface area (Å²) in [5, 5.41) is 7.62. The lowest BCUT2D eigenvalue weighted by atomic mass is 10.2. The van der Waals surface area contributed by atoms with Gasteiger partial charge in [0, 0.05) is 32.1 Å². The monoisotopic (exact) mass is 272 g/mol. The van der Waals surface area contributed by atoms with Crippen LogP contribution in [-0.4, -0.2) is 27.9 Å². The Morgan fingerprint density at radius 3 is 3.00 bits per heavy atom. The number of hydrogen-bond donors (Lipinski definition) is 1. The van der Waals surface area contributed by atoms with Gasteiger partial charge in [-0.1, -0.05) is 30.9 Å². The van der Waals surface area contributed by atoms with Crippen LogP contribution >= 0.6 is 0 Å². The zero-order valence-corrected chi connectivity index (χ0v) is 11.7. The van der Waals surface area contributed by atoms with Gasteiger partial charge in [0.15, 0.2) is 5.82 Å². The van der Waals surface area contributed by atoms with Crippen LogP contribution in [0.15, 0.2) is 43.2 Å². The molecule has 2 aromatic rings. The second-order valence-corrected chi connectivity index (χ2v) is 4.47. The topological polar surface area (TPSA) is 52.0 Å². The fraction of sp³-hybridized carbons (Fsp3) is 0.333. The van der Waals surface area contributed by atoms with Gasteiger partial charge in [0.1, 0.15) is 18.7 Å². The largest absolute Gasteiger partial charge is 0.489 e. The average Bonchev–Trinajstić information content (AvgIpc) is 2.88. The number of hydrogen-bond acceptors (Lipinski definition) is 4. The van der Waals surface area contributed by atoms with Gasteiger partial charge in [-0.25, -0.2) is 4.98 Å². The van der Waals surface area contributed by atoms with Crippen molar-refractivity contribution in [1.82, 2.24) is 20.1 Å². The molecule has 20 heavy (non-hydrogen) atoms. The molecule has 0 spiro atoms. The van der Waals surface area contributed by atoms with E-state index in [4.69, 9.17) is 4.74 Å². The number of nitrogens with one attached hydrogen (secondary N) is 1. The molecular weight excluding hydrogens is 252 g/mol. The molecule has 0 radical (unpaired) electrons. The molecule has 2 rings (SSSR count). The molecule has 5 nitrogen and oxygen atoms in total. The number of benzene rings is 1. The third-order valence-electron chi connectivity index (χ3n) is 2.82. The number of ether oxygens (including phenoxy) is 1. The Morgan fingerprint density at radius 1 is 1.40 bits per heavy atom. The molecule has 0 amide bonds. The maximum atomic E-state index is 5.62. The molecule has 1 aromatic heterocycles. The predicted molar refractivity (Wildman–Crippen MR) is 78.5 cm³/mol. The van der Waals surface area contributed by atoms with E-state index in [1.807, 2.05) is 25.2 Å². The predicted octanol–water partition coefficient (Wildman–Crippen LogP) is 1.71. The Morgan fingerprint density at radius 2 is 2.25 bits per heavy atom. The number of aryl methyl sites for hydroxylation is 1. The summed E-state index contributed by atoms with van der Waals surface area (Å²) in [6.07, 6.45) is 4.28. The average molecular weight is 272 g/mol. The van der Waals surface area contributed by atoms with Crippen LogP contribution in [0, 0.1) is 0 Å². The number of para-hydroxylation sites is 1. The van der Waals surface area contributed by atoms with Crippen molar-refractivity contribution in [3.8, 4) is 5.75 Å². The molecule has 0 unspecified atom stereocenters. The zero-order chi connectivity index (χ0) is 14.2. The Kier molecular flexibility index (Phi) is 5.32. The highest BCUT2D eigenvalue weighted by atomic mass is 16.5. The Labute approximate surface area is 119 Å². The van der Waals surface area contributed by atoms with Crippen molar-refractivity contribution in [1.29, 1.82) is 0 Å². The second kappa shape index (κ2) is 7.45. The van der Waals surface area contributed by atoms with Gasteiger partial charge < -0.3 is 10.1 Å². The van der Waals surface area contributed by atoms with Crippen molar-refractivity contribution < 1.29 is 4.74 Å². The second-order valence-electron chi connectivity index (χ2n) is 4.47. The van der Waals surface area contributed by atoms with Crippen molar-refractivity contribution >= 4 is 0 Å². The van der Waals surface area contributed by atoms with Gasteiger partial charge in [0.2, 0.25) is 0 Å². The van der Waals surface area contributed by atoms with Gasteiger partial charge >= 0.3 is 0 Å². The van der Waals surface area contributed by atoms with Gasteiger partial charge in [0.05, 0.1) is 0 Å². The Bertz CT molecular complexity index is 550. The van der Waals surface area contributed by atoms with E-state index < -0.39 is 0 Å². The van der Waals surface area contributed by atoms with Gasteiger partial charge in [0.25, 0.3) is 0 Å². The maximum absolute atomic E-state index is 5.62. The summed E-state index contributed by atoms with van der Waals surface area (Å²) in [7, 11) is 1.87. The van der Waals surface area contributed by atoms with Gasteiger partial charge in [-0.15, -0.1) is 0 Å². The molecular formula is C15H20N4O. The van der Waals surface area contributed by atoms with Crippen LogP contribution in [0.4, 0.5) is 0 Å². The van der Waals surface area contributed by atoms with Crippen molar-refractivity contribution in [3.63, 3.8) is 0 Å². The lowest BCUT2D eigenvalue weighted by molar-refractivity contribution is 0.358. The van der Waals surface area contributed by atoms with Crippen LogP contribution in [-0.2, 0) is 20.0 Å². The first-order chi connectivity index (χ1) is 9.79. The molecule has 0 aliphatic heterocycles. The molecule has 1 N–H and O–H groups in total. The van der Waals surface area contributed by atoms with Gasteiger partial charge in [-0.2, -0.15) is 5.10 Å². The third kappa shape index (κ3) is 4.20. The molecule has 1 aromatic carbocycles. The minimum Gasteiger partial charge on any atom is -0.489 e. The zero-order valence-electron chi connectivity index (χ0n) is 11.7. The highest BCUT2D eigenvalue weighted by molar-refractivity contribution is 5.33. The first kappa shape index (κ1) is 14.3. The normalized spacial score (nSPS) is 10.4. The van der Waals surface area contributed by atoms with Crippen molar-refractivity contribution in [3.05, 3.63) is 54.6 Å². The summed E-state index contributed by atoms with van der Waals surface area (Å²) in [6, 6.07) is 8.02. The molecule has 0 saturated carbocycles. The first-order valence-corrected chi connectivity index (χ1v) is 6.66. The lowest BCUT2D eigenvalue weighted by Crippen LogP contribution is -2.18. The lowest BCUT2D eigenvalue weighted by Gasteiger charge is -2.10. The van der Waals surface area contributed by atoms with E-state index in [1.54, 1.807) is 17.1 Å². The number of aromatic nitrogens is 3. The summed E-state index contributed by atoms with van der Waals surface area (Å²) < 4.78 is 7.33. The van der Waals surface area contributed by atoms with Crippen LogP contribution in [0.5, 0.6) is 5.75 Å². The number of nitrogens with zero attached hydrogens (tertiary/aromatic N) is 3. The molecule has 5 heteroatoms. The third-order valence-corrected chi connectivity index (χ3v) is 2.82. The molecule has 1 heterocycles. The van der Waals surface area contributed by atoms with Crippen LogP contribution in [0.25, 0.3) is 0 Å². The molecule has 0 saturated heterocycles. The van der Waals surface area contributed by atoms with Gasteiger partial charge in [-0.3, -0.25) is 4.68 Å². The highest BCUT2D eigenvalue weighted by Crippen LogP contribution is 2.17. The summed E-state index contributed by atoms with van der Waals surface area (Å²) in [4.78, 5) is 4.19. The first-order valence-electron chi connectivity index (χ1n) is 6.66. The van der Waals surface area contributed by atoms with Crippen LogP contribution in [0.2, 0.25) is 0 Å². The van der Waals surface area contributed by atoms with Crippen LogP contribution in [0.3, 0.4) is 0 Å². The molecule has 0 aliphatic carbocycles.